The Labute approximate surface area is 95.8 Å². The molecule has 2 aromatic rings. The molecule has 2 aromatic heterocycles. The fourth-order valence-electron chi connectivity index (χ4n) is 1.56. The summed E-state index contributed by atoms with van der Waals surface area (Å²) < 4.78 is 1.06. The van der Waals surface area contributed by atoms with Crippen molar-refractivity contribution in [3.05, 3.63) is 15.8 Å². The number of rotatable bonds is 3. The summed E-state index contributed by atoms with van der Waals surface area (Å²) in [6.07, 6.45) is 0.448. The van der Waals surface area contributed by atoms with Gasteiger partial charge in [0.15, 0.2) is 0 Å². The van der Waals surface area contributed by atoms with Gasteiger partial charge in [0.05, 0.1) is 4.92 Å². The molecular formula is C8H11N7O2. The first-order valence-corrected chi connectivity index (χ1v) is 5.01. The van der Waals surface area contributed by atoms with E-state index in [1.54, 1.807) is 0 Å². The van der Waals surface area contributed by atoms with Crippen molar-refractivity contribution in [1.29, 1.82) is 0 Å². The number of aromatic nitrogens is 5. The Morgan fingerprint density at radius 2 is 2.24 bits per heavy atom. The maximum atomic E-state index is 11.0. The van der Waals surface area contributed by atoms with Gasteiger partial charge < -0.3 is 5.73 Å². The van der Waals surface area contributed by atoms with Gasteiger partial charge in [-0.15, -0.1) is 0 Å². The largest absolute Gasteiger partial charge is 0.378 e. The van der Waals surface area contributed by atoms with Crippen LogP contribution in [0.5, 0.6) is 0 Å². The van der Waals surface area contributed by atoms with Gasteiger partial charge in [0.2, 0.25) is 5.82 Å². The Hall–Kier alpha value is -2.32. The van der Waals surface area contributed by atoms with Gasteiger partial charge in [0.25, 0.3) is 5.78 Å². The highest BCUT2D eigenvalue weighted by Gasteiger charge is 2.25. The number of nitrogen functional groups attached to an aromatic ring is 1. The number of hydrogen-bond acceptors (Lipinski definition) is 7. The number of anilines is 1. The van der Waals surface area contributed by atoms with Crippen LogP contribution in [-0.4, -0.2) is 29.9 Å². The zero-order valence-corrected chi connectivity index (χ0v) is 9.36. The van der Waals surface area contributed by atoms with Crippen molar-refractivity contribution in [3.8, 4) is 0 Å². The standard InChI is InChI=1S/C8H11N7O2/c1-4(2)3-5-6(15(16)17)7(9)14-8(10-5)11-12-13-14/h4H,3,9H2,1-2H3. The lowest BCUT2D eigenvalue weighted by molar-refractivity contribution is -0.385. The van der Waals surface area contributed by atoms with Crippen molar-refractivity contribution >= 4 is 17.3 Å². The van der Waals surface area contributed by atoms with Gasteiger partial charge in [-0.3, -0.25) is 10.1 Å². The number of nitrogens with zero attached hydrogens (tertiary/aromatic N) is 6. The first kappa shape index (κ1) is 11.2. The predicted molar refractivity (Wildman–Crippen MR) is 58.2 cm³/mol. The highest BCUT2D eigenvalue weighted by atomic mass is 16.6. The summed E-state index contributed by atoms with van der Waals surface area (Å²) in [5, 5.41) is 21.6. The molecule has 2 heterocycles. The molecule has 0 aliphatic heterocycles. The molecule has 0 saturated carbocycles. The van der Waals surface area contributed by atoms with Crippen molar-refractivity contribution in [2.75, 3.05) is 5.73 Å². The Morgan fingerprint density at radius 3 is 2.82 bits per heavy atom. The van der Waals surface area contributed by atoms with Crippen LogP contribution >= 0.6 is 0 Å². The van der Waals surface area contributed by atoms with E-state index in [9.17, 15) is 10.1 Å². The van der Waals surface area contributed by atoms with Crippen LogP contribution < -0.4 is 5.73 Å². The minimum Gasteiger partial charge on any atom is -0.378 e. The maximum Gasteiger partial charge on any atom is 0.332 e. The van der Waals surface area contributed by atoms with Crippen LogP contribution in [0.1, 0.15) is 19.5 Å². The van der Waals surface area contributed by atoms with E-state index < -0.39 is 4.92 Å². The third kappa shape index (κ3) is 1.86. The summed E-state index contributed by atoms with van der Waals surface area (Å²) >= 11 is 0. The second-order valence-corrected chi connectivity index (χ2v) is 4.04. The van der Waals surface area contributed by atoms with Crippen LogP contribution in [-0.2, 0) is 6.42 Å². The van der Waals surface area contributed by atoms with Crippen molar-refractivity contribution in [2.45, 2.75) is 20.3 Å². The molecule has 90 valence electrons. The van der Waals surface area contributed by atoms with Crippen molar-refractivity contribution < 1.29 is 4.92 Å². The van der Waals surface area contributed by atoms with Gasteiger partial charge in [-0.05, 0) is 22.8 Å². The number of hydrogen-bond donors (Lipinski definition) is 1. The zero-order valence-electron chi connectivity index (χ0n) is 9.36. The summed E-state index contributed by atoms with van der Waals surface area (Å²) in [5.41, 5.74) is 5.77. The fraction of sp³-hybridized carbons (Fsp3) is 0.500. The molecule has 0 spiro atoms. The Balaban J connectivity index is 2.70. The quantitative estimate of drug-likeness (QED) is 0.597. The van der Waals surface area contributed by atoms with Gasteiger partial charge in [-0.2, -0.15) is 4.52 Å². The Bertz CT molecular complexity index is 577. The summed E-state index contributed by atoms with van der Waals surface area (Å²) in [6.45, 7) is 3.88. The molecular weight excluding hydrogens is 226 g/mol. The van der Waals surface area contributed by atoms with Crippen LogP contribution in [0, 0.1) is 16.0 Å². The van der Waals surface area contributed by atoms with Gasteiger partial charge in [0, 0.05) is 0 Å². The molecule has 17 heavy (non-hydrogen) atoms. The second kappa shape index (κ2) is 3.92. The highest BCUT2D eigenvalue weighted by molar-refractivity contribution is 5.59. The monoisotopic (exact) mass is 237 g/mol. The van der Waals surface area contributed by atoms with Crippen LogP contribution in [0.4, 0.5) is 11.5 Å². The molecule has 0 amide bonds. The molecule has 0 aromatic carbocycles. The molecule has 9 heteroatoms. The molecule has 0 atom stereocenters. The van der Waals surface area contributed by atoms with Crippen molar-refractivity contribution in [2.24, 2.45) is 5.92 Å². The van der Waals surface area contributed by atoms with E-state index in [4.69, 9.17) is 5.73 Å². The average molecular weight is 237 g/mol. The van der Waals surface area contributed by atoms with Crippen LogP contribution in [0.15, 0.2) is 0 Å². The van der Waals surface area contributed by atoms with E-state index in [1.165, 1.54) is 0 Å². The van der Waals surface area contributed by atoms with E-state index in [-0.39, 0.29) is 23.2 Å². The SMILES string of the molecule is CC(C)Cc1nc2nnnn2c(N)c1[N+](=O)[O-]. The van der Waals surface area contributed by atoms with Gasteiger partial charge in [0.1, 0.15) is 5.69 Å². The first-order valence-electron chi connectivity index (χ1n) is 5.01. The molecule has 0 fully saturated rings. The summed E-state index contributed by atoms with van der Waals surface area (Å²) in [7, 11) is 0. The molecule has 0 bridgehead atoms. The highest BCUT2D eigenvalue weighted by Crippen LogP contribution is 2.26. The normalized spacial score (nSPS) is 11.2. The Kier molecular flexibility index (Phi) is 2.58. The maximum absolute atomic E-state index is 11.0. The minimum atomic E-state index is -0.554. The summed E-state index contributed by atoms with van der Waals surface area (Å²) in [4.78, 5) is 14.5. The van der Waals surface area contributed by atoms with Gasteiger partial charge in [-0.25, -0.2) is 4.98 Å². The lowest BCUT2D eigenvalue weighted by Crippen LogP contribution is -2.11. The molecule has 0 unspecified atom stereocenters. The molecule has 2 rings (SSSR count). The molecule has 0 aliphatic rings. The van der Waals surface area contributed by atoms with Crippen LogP contribution in [0.25, 0.3) is 5.78 Å². The predicted octanol–water partition coefficient (Wildman–Crippen LogP) is 0.208. The smallest absolute Gasteiger partial charge is 0.332 e. The molecule has 9 nitrogen and oxygen atoms in total. The third-order valence-corrected chi connectivity index (χ3v) is 2.22. The second-order valence-electron chi connectivity index (χ2n) is 4.04. The first-order chi connectivity index (χ1) is 8.00. The fourth-order valence-corrected chi connectivity index (χ4v) is 1.56. The number of nitro groups is 1. The van der Waals surface area contributed by atoms with E-state index >= 15 is 0 Å². The number of nitrogens with two attached hydrogens (primary N) is 1. The van der Waals surface area contributed by atoms with Gasteiger partial charge >= 0.3 is 5.69 Å². The van der Waals surface area contributed by atoms with E-state index in [1.807, 2.05) is 13.8 Å². The van der Waals surface area contributed by atoms with Crippen molar-refractivity contribution in [1.82, 2.24) is 25.0 Å². The third-order valence-electron chi connectivity index (χ3n) is 2.22. The van der Waals surface area contributed by atoms with Crippen molar-refractivity contribution in [3.63, 3.8) is 0 Å². The lowest BCUT2D eigenvalue weighted by Gasteiger charge is -2.06. The summed E-state index contributed by atoms with van der Waals surface area (Å²) in [6, 6.07) is 0. The lowest BCUT2D eigenvalue weighted by atomic mass is 10.1. The molecule has 0 aliphatic carbocycles. The van der Waals surface area contributed by atoms with Crippen LogP contribution in [0.2, 0.25) is 0 Å². The number of fused-ring (bicyclic) bond motifs is 1. The Morgan fingerprint density at radius 1 is 1.53 bits per heavy atom. The van der Waals surface area contributed by atoms with E-state index in [0.29, 0.717) is 12.1 Å². The minimum absolute atomic E-state index is 0.0966. The zero-order chi connectivity index (χ0) is 12.6. The topological polar surface area (TPSA) is 125 Å². The summed E-state index contributed by atoms with van der Waals surface area (Å²) in [5.74, 6) is 0.295. The molecule has 0 radical (unpaired) electrons. The van der Waals surface area contributed by atoms with Crippen LogP contribution in [0.3, 0.4) is 0 Å². The van der Waals surface area contributed by atoms with E-state index in [2.05, 4.69) is 20.5 Å². The molecule has 0 saturated heterocycles. The average Bonchev–Trinajstić information content (AvgIpc) is 2.64. The van der Waals surface area contributed by atoms with Gasteiger partial charge in [-0.1, -0.05) is 18.9 Å². The van der Waals surface area contributed by atoms with E-state index in [0.717, 1.165) is 4.52 Å². The number of tetrazole rings is 1. The molecule has 2 N–H and O–H groups in total.